The fraction of sp³-hybridized carbons (Fsp3) is 0.333. The van der Waals surface area contributed by atoms with Crippen LogP contribution < -0.4 is 5.32 Å². The van der Waals surface area contributed by atoms with Crippen molar-refractivity contribution in [2.45, 2.75) is 14.1 Å². The first kappa shape index (κ1) is 20.7. The van der Waals surface area contributed by atoms with Crippen LogP contribution in [0.2, 0.25) is 5.02 Å². The van der Waals surface area contributed by atoms with Gasteiger partial charge in [0.15, 0.2) is 4.33 Å². The van der Waals surface area contributed by atoms with Crippen LogP contribution >= 0.6 is 81.2 Å². The van der Waals surface area contributed by atoms with E-state index < -0.39 is 37.8 Å². The average molecular weight is 498 g/mol. The summed E-state index contributed by atoms with van der Waals surface area (Å²) in [7, 11) is 0. The van der Waals surface area contributed by atoms with Crippen LogP contribution in [0.3, 0.4) is 0 Å². The third-order valence-electron chi connectivity index (χ3n) is 4.60. The third kappa shape index (κ3) is 2.43. The summed E-state index contributed by atoms with van der Waals surface area (Å²) in [5, 5.41) is 12.2. The highest BCUT2D eigenvalue weighted by atomic mass is 35.5. The predicted molar refractivity (Wildman–Crippen MR) is 105 cm³/mol. The van der Waals surface area contributed by atoms with Gasteiger partial charge in [-0.2, -0.15) is 0 Å². The molecule has 11 heteroatoms. The number of alkyl halides is 4. The number of carbonyl (C=O) groups is 2. The highest BCUT2D eigenvalue weighted by molar-refractivity contribution is 6.66. The van der Waals surface area contributed by atoms with Crippen molar-refractivity contribution < 1.29 is 14.7 Å². The number of halogens is 7. The molecule has 1 aromatic rings. The van der Waals surface area contributed by atoms with E-state index in [1.54, 1.807) is 12.1 Å². The fourth-order valence-electron chi connectivity index (χ4n) is 3.38. The molecule has 0 heterocycles. The molecule has 1 aromatic carbocycles. The van der Waals surface area contributed by atoms with E-state index in [9.17, 15) is 14.7 Å². The number of carboxylic acid groups (broad SMARTS) is 1. The van der Waals surface area contributed by atoms with E-state index in [1.165, 1.54) is 12.1 Å². The summed E-state index contributed by atoms with van der Waals surface area (Å²) in [6.45, 7) is 0. The topological polar surface area (TPSA) is 66.4 Å². The maximum Gasteiger partial charge on any atom is 0.309 e. The molecule has 4 atom stereocenters. The van der Waals surface area contributed by atoms with Crippen molar-refractivity contribution in [3.05, 3.63) is 39.4 Å². The molecule has 0 saturated heterocycles. The van der Waals surface area contributed by atoms with Gasteiger partial charge in [0.05, 0.1) is 21.9 Å². The molecule has 2 bridgehead atoms. The molecular weight excluding hydrogens is 490 g/mol. The van der Waals surface area contributed by atoms with Crippen molar-refractivity contribution in [2.75, 3.05) is 5.32 Å². The Balaban J connectivity index is 2.10. The minimum atomic E-state index is -2.14. The zero-order valence-corrected chi connectivity index (χ0v) is 17.7. The molecule has 2 aliphatic rings. The summed E-state index contributed by atoms with van der Waals surface area (Å²) >= 11 is 43.8. The number of carbonyl (C=O) groups excluding carboxylic acids is 1. The number of aliphatic carboxylic acids is 1. The van der Waals surface area contributed by atoms with E-state index in [1.807, 2.05) is 0 Å². The molecule has 4 nitrogen and oxygen atoms in total. The second kappa shape index (κ2) is 6.48. The van der Waals surface area contributed by atoms with Gasteiger partial charge in [0.2, 0.25) is 5.91 Å². The van der Waals surface area contributed by atoms with E-state index in [0.29, 0.717) is 10.7 Å². The summed E-state index contributed by atoms with van der Waals surface area (Å²) in [6.07, 6.45) is 0. The third-order valence-corrected chi connectivity index (χ3v) is 9.11. The van der Waals surface area contributed by atoms with E-state index in [0.717, 1.165) is 0 Å². The van der Waals surface area contributed by atoms with E-state index in [2.05, 4.69) is 5.32 Å². The van der Waals surface area contributed by atoms with Gasteiger partial charge in [-0.15, -0.1) is 23.2 Å². The summed E-state index contributed by atoms with van der Waals surface area (Å²) in [6, 6.07) is 6.14. The number of amides is 1. The Hall–Kier alpha value is -0.0700. The van der Waals surface area contributed by atoms with Crippen molar-refractivity contribution in [3.63, 3.8) is 0 Å². The first-order chi connectivity index (χ1) is 11.9. The minimum Gasteiger partial charge on any atom is -0.481 e. The van der Waals surface area contributed by atoms with Crippen molar-refractivity contribution >= 4 is 98.8 Å². The standard InChI is InChI=1S/C15H8Cl7NO3/c16-5-1-3-6(4-2-5)23-11(24)7-8(12(25)26)14(20)10(18)9(17)13(7,19)15(14,21)22/h1-4,7-8H,(H,23,24)(H,25,26)/t7-,8+,13+,14+/m1/s1. The number of hydrogen-bond acceptors (Lipinski definition) is 2. The van der Waals surface area contributed by atoms with Crippen molar-refractivity contribution in [2.24, 2.45) is 11.8 Å². The number of carboxylic acids is 1. The number of rotatable bonds is 3. The van der Waals surface area contributed by atoms with Crippen molar-refractivity contribution in [1.29, 1.82) is 0 Å². The van der Waals surface area contributed by atoms with E-state index >= 15 is 0 Å². The zero-order valence-electron chi connectivity index (χ0n) is 12.4. The molecule has 3 rings (SSSR count). The number of anilines is 1. The molecule has 0 aromatic heterocycles. The van der Waals surface area contributed by atoms with Gasteiger partial charge < -0.3 is 10.4 Å². The van der Waals surface area contributed by atoms with E-state index in [4.69, 9.17) is 81.2 Å². The molecule has 1 saturated carbocycles. The summed E-state index contributed by atoms with van der Waals surface area (Å²) in [5.74, 6) is -5.31. The van der Waals surface area contributed by atoms with Gasteiger partial charge >= 0.3 is 5.97 Å². The Morgan fingerprint density at radius 1 is 0.885 bits per heavy atom. The summed E-state index contributed by atoms with van der Waals surface area (Å²) in [5.41, 5.74) is 0.358. The van der Waals surface area contributed by atoms with Gasteiger partial charge in [-0.3, -0.25) is 9.59 Å². The van der Waals surface area contributed by atoms with Crippen molar-refractivity contribution in [3.8, 4) is 0 Å². The molecule has 140 valence electrons. The lowest BCUT2D eigenvalue weighted by Crippen LogP contribution is -2.47. The van der Waals surface area contributed by atoms with Crippen LogP contribution in [0.25, 0.3) is 0 Å². The second-order valence-corrected chi connectivity index (χ2v) is 9.63. The largest absolute Gasteiger partial charge is 0.481 e. The smallest absolute Gasteiger partial charge is 0.309 e. The first-order valence-corrected chi connectivity index (χ1v) is 9.66. The number of hydrogen-bond donors (Lipinski definition) is 2. The Kier molecular flexibility index (Phi) is 5.15. The van der Waals surface area contributed by atoms with Crippen LogP contribution in [0, 0.1) is 11.8 Å². The zero-order chi connectivity index (χ0) is 19.7. The lowest BCUT2D eigenvalue weighted by atomic mass is 9.81. The lowest BCUT2D eigenvalue weighted by molar-refractivity contribution is -0.146. The monoisotopic (exact) mass is 495 g/mol. The van der Waals surface area contributed by atoms with Gasteiger partial charge in [-0.05, 0) is 24.3 Å². The second-order valence-electron chi connectivity index (χ2n) is 5.92. The first-order valence-electron chi connectivity index (χ1n) is 7.01. The molecule has 2 N–H and O–H groups in total. The highest BCUT2D eigenvalue weighted by Gasteiger charge is 2.85. The molecule has 2 aliphatic carbocycles. The summed E-state index contributed by atoms with van der Waals surface area (Å²) < 4.78 is -2.14. The molecule has 0 radical (unpaired) electrons. The Morgan fingerprint density at radius 3 is 1.81 bits per heavy atom. The number of benzene rings is 1. The Labute approximate surface area is 183 Å². The normalized spacial score (nSPS) is 34.9. The van der Waals surface area contributed by atoms with Crippen LogP contribution in [0.4, 0.5) is 5.69 Å². The number of allylic oxidation sites excluding steroid dienone is 2. The molecular formula is C15H8Cl7NO3. The number of fused-ring (bicyclic) bond motifs is 2. The van der Waals surface area contributed by atoms with Gasteiger partial charge in [-0.25, -0.2) is 0 Å². The van der Waals surface area contributed by atoms with Gasteiger partial charge in [0, 0.05) is 10.7 Å². The quantitative estimate of drug-likeness (QED) is 0.546. The van der Waals surface area contributed by atoms with Crippen LogP contribution in [0.1, 0.15) is 0 Å². The molecule has 0 spiro atoms. The fourth-order valence-corrected chi connectivity index (χ4v) is 6.44. The van der Waals surface area contributed by atoms with Crippen LogP contribution in [-0.2, 0) is 9.59 Å². The molecule has 26 heavy (non-hydrogen) atoms. The van der Waals surface area contributed by atoms with Gasteiger partial charge in [0.25, 0.3) is 0 Å². The molecule has 0 unspecified atom stereocenters. The van der Waals surface area contributed by atoms with Crippen LogP contribution in [0.5, 0.6) is 0 Å². The maximum absolute atomic E-state index is 12.9. The van der Waals surface area contributed by atoms with Crippen LogP contribution in [0.15, 0.2) is 34.3 Å². The minimum absolute atomic E-state index is 0.255. The molecule has 1 amide bonds. The predicted octanol–water partition coefficient (Wildman–Crippen LogP) is 5.44. The maximum atomic E-state index is 12.9. The van der Waals surface area contributed by atoms with Gasteiger partial charge in [-0.1, -0.05) is 58.0 Å². The highest BCUT2D eigenvalue weighted by Crippen LogP contribution is 2.76. The van der Waals surface area contributed by atoms with Crippen LogP contribution in [-0.4, -0.2) is 31.1 Å². The van der Waals surface area contributed by atoms with Crippen molar-refractivity contribution in [1.82, 2.24) is 0 Å². The Morgan fingerprint density at radius 2 is 1.35 bits per heavy atom. The average Bonchev–Trinajstić information content (AvgIpc) is 2.77. The molecule has 1 fully saturated rings. The number of nitrogens with one attached hydrogen (secondary N) is 1. The van der Waals surface area contributed by atoms with Gasteiger partial charge in [0.1, 0.15) is 9.75 Å². The van der Waals surface area contributed by atoms with E-state index in [-0.39, 0.29) is 10.1 Å². The lowest BCUT2D eigenvalue weighted by Gasteiger charge is -2.33. The summed E-state index contributed by atoms with van der Waals surface area (Å²) in [4.78, 5) is 20.7. The molecule has 0 aliphatic heterocycles. The Bertz CT molecular complexity index is 840. The SMILES string of the molecule is O=C(O)[C@@H]1[C@H](C(=O)Nc2ccc(Cl)cc2)[C@]2(Cl)C(Cl)=C(Cl)[C@]1(Cl)C2(Cl)Cl.